The molecule has 4 heteroatoms. The van der Waals surface area contributed by atoms with E-state index in [2.05, 4.69) is 24.4 Å². The SMILES string of the molecule is CCc1ccc(CNCC(=O)N(C)C)s1. The Balaban J connectivity index is 2.28. The first-order valence-corrected chi connectivity index (χ1v) is 5.93. The predicted molar refractivity (Wildman–Crippen MR) is 64.1 cm³/mol. The zero-order chi connectivity index (χ0) is 11.3. The van der Waals surface area contributed by atoms with Crippen molar-refractivity contribution in [1.82, 2.24) is 10.2 Å². The topological polar surface area (TPSA) is 32.3 Å². The van der Waals surface area contributed by atoms with Gasteiger partial charge in [0, 0.05) is 30.4 Å². The summed E-state index contributed by atoms with van der Waals surface area (Å²) in [5.74, 6) is 0.113. The van der Waals surface area contributed by atoms with E-state index in [1.165, 1.54) is 9.75 Å². The molecule has 1 aromatic rings. The monoisotopic (exact) mass is 226 g/mol. The molecule has 1 amide bonds. The molecule has 0 saturated heterocycles. The van der Waals surface area contributed by atoms with Gasteiger partial charge in [-0.3, -0.25) is 4.79 Å². The Morgan fingerprint density at radius 3 is 2.60 bits per heavy atom. The van der Waals surface area contributed by atoms with Gasteiger partial charge >= 0.3 is 0 Å². The third-order valence-electron chi connectivity index (χ3n) is 2.14. The Hall–Kier alpha value is -0.870. The molecule has 0 radical (unpaired) electrons. The molecule has 15 heavy (non-hydrogen) atoms. The maximum Gasteiger partial charge on any atom is 0.236 e. The van der Waals surface area contributed by atoms with Crippen molar-refractivity contribution < 1.29 is 4.79 Å². The fraction of sp³-hybridized carbons (Fsp3) is 0.545. The number of carbonyl (C=O) groups excluding carboxylic acids is 1. The molecule has 1 heterocycles. The van der Waals surface area contributed by atoms with Crippen molar-refractivity contribution in [2.75, 3.05) is 20.6 Å². The first-order chi connectivity index (χ1) is 7.13. The molecule has 0 unspecified atom stereocenters. The van der Waals surface area contributed by atoms with E-state index < -0.39 is 0 Å². The van der Waals surface area contributed by atoms with Crippen molar-refractivity contribution in [1.29, 1.82) is 0 Å². The van der Waals surface area contributed by atoms with Crippen LogP contribution in [0.2, 0.25) is 0 Å². The van der Waals surface area contributed by atoms with E-state index in [-0.39, 0.29) is 5.91 Å². The quantitative estimate of drug-likeness (QED) is 0.825. The van der Waals surface area contributed by atoms with E-state index >= 15 is 0 Å². The zero-order valence-corrected chi connectivity index (χ0v) is 10.4. The van der Waals surface area contributed by atoms with E-state index in [0.717, 1.165) is 13.0 Å². The Labute approximate surface area is 95.1 Å². The van der Waals surface area contributed by atoms with Crippen molar-refractivity contribution in [3.8, 4) is 0 Å². The lowest BCUT2D eigenvalue weighted by Crippen LogP contribution is -2.32. The van der Waals surface area contributed by atoms with E-state index in [0.29, 0.717) is 6.54 Å². The Morgan fingerprint density at radius 2 is 2.07 bits per heavy atom. The molecule has 1 aromatic heterocycles. The van der Waals surface area contributed by atoms with Crippen molar-refractivity contribution in [3.63, 3.8) is 0 Å². The minimum atomic E-state index is 0.113. The van der Waals surface area contributed by atoms with Crippen LogP contribution in [0.5, 0.6) is 0 Å². The van der Waals surface area contributed by atoms with Gasteiger partial charge in [0.25, 0.3) is 0 Å². The Bertz CT molecular complexity index is 320. The number of likely N-dealkylation sites (N-methyl/N-ethyl adjacent to an activating group) is 1. The van der Waals surface area contributed by atoms with E-state index in [4.69, 9.17) is 0 Å². The van der Waals surface area contributed by atoms with Crippen molar-refractivity contribution in [2.45, 2.75) is 19.9 Å². The standard InChI is InChI=1S/C11H18N2OS/c1-4-9-5-6-10(15-9)7-12-8-11(14)13(2)3/h5-6,12H,4,7-8H2,1-3H3. The van der Waals surface area contributed by atoms with Crippen LogP contribution in [-0.4, -0.2) is 31.4 Å². The molecule has 0 atom stereocenters. The molecule has 0 fully saturated rings. The number of hydrogen-bond donors (Lipinski definition) is 1. The molecule has 0 saturated carbocycles. The van der Waals surface area contributed by atoms with Crippen LogP contribution in [0.15, 0.2) is 12.1 Å². The van der Waals surface area contributed by atoms with Crippen LogP contribution in [0.4, 0.5) is 0 Å². The number of thiophene rings is 1. The molecule has 0 aliphatic heterocycles. The van der Waals surface area contributed by atoms with Gasteiger partial charge in [0.1, 0.15) is 0 Å². The van der Waals surface area contributed by atoms with Gasteiger partial charge in [-0.2, -0.15) is 0 Å². The lowest BCUT2D eigenvalue weighted by molar-refractivity contribution is -0.127. The van der Waals surface area contributed by atoms with E-state index in [1.807, 2.05) is 0 Å². The number of aryl methyl sites for hydroxylation is 1. The first-order valence-electron chi connectivity index (χ1n) is 5.12. The average molecular weight is 226 g/mol. The third-order valence-corrected chi connectivity index (χ3v) is 3.37. The fourth-order valence-corrected chi connectivity index (χ4v) is 2.09. The van der Waals surface area contributed by atoms with E-state index in [1.54, 1.807) is 30.3 Å². The van der Waals surface area contributed by atoms with Crippen molar-refractivity contribution in [3.05, 3.63) is 21.9 Å². The lowest BCUT2D eigenvalue weighted by Gasteiger charge is -2.10. The highest BCUT2D eigenvalue weighted by molar-refractivity contribution is 7.11. The van der Waals surface area contributed by atoms with Crippen molar-refractivity contribution in [2.24, 2.45) is 0 Å². The molecule has 0 aliphatic rings. The maximum atomic E-state index is 11.3. The van der Waals surface area contributed by atoms with Gasteiger partial charge in [-0.05, 0) is 18.6 Å². The minimum absolute atomic E-state index is 0.113. The highest BCUT2D eigenvalue weighted by atomic mass is 32.1. The summed E-state index contributed by atoms with van der Waals surface area (Å²) in [6, 6.07) is 4.27. The van der Waals surface area contributed by atoms with Gasteiger partial charge in [0.15, 0.2) is 0 Å². The molecule has 0 bridgehead atoms. The van der Waals surface area contributed by atoms with Gasteiger partial charge in [-0.1, -0.05) is 6.92 Å². The number of amides is 1. The fourth-order valence-electron chi connectivity index (χ4n) is 1.16. The molecule has 0 aromatic carbocycles. The Morgan fingerprint density at radius 1 is 1.40 bits per heavy atom. The molecule has 0 spiro atoms. The smallest absolute Gasteiger partial charge is 0.236 e. The summed E-state index contributed by atoms with van der Waals surface area (Å²) >= 11 is 1.81. The maximum absolute atomic E-state index is 11.3. The highest BCUT2D eigenvalue weighted by Crippen LogP contribution is 2.16. The molecule has 1 rings (SSSR count). The largest absolute Gasteiger partial charge is 0.348 e. The van der Waals surface area contributed by atoms with Gasteiger partial charge in [0.05, 0.1) is 6.54 Å². The van der Waals surface area contributed by atoms with Crippen LogP contribution in [-0.2, 0) is 17.8 Å². The van der Waals surface area contributed by atoms with Gasteiger partial charge in [-0.15, -0.1) is 11.3 Å². The summed E-state index contributed by atoms with van der Waals surface area (Å²) in [5.41, 5.74) is 0. The summed E-state index contributed by atoms with van der Waals surface area (Å²) in [6.45, 7) is 3.34. The molecular formula is C11H18N2OS. The molecule has 84 valence electrons. The van der Waals surface area contributed by atoms with Gasteiger partial charge in [0.2, 0.25) is 5.91 Å². The van der Waals surface area contributed by atoms with Crippen LogP contribution >= 0.6 is 11.3 Å². The summed E-state index contributed by atoms with van der Waals surface area (Å²) < 4.78 is 0. The summed E-state index contributed by atoms with van der Waals surface area (Å²) in [4.78, 5) is 15.5. The average Bonchev–Trinajstić information content (AvgIpc) is 2.65. The second-order valence-electron chi connectivity index (χ2n) is 3.61. The number of nitrogens with zero attached hydrogens (tertiary/aromatic N) is 1. The van der Waals surface area contributed by atoms with Crippen LogP contribution < -0.4 is 5.32 Å². The zero-order valence-electron chi connectivity index (χ0n) is 9.54. The third kappa shape index (κ3) is 4.01. The van der Waals surface area contributed by atoms with Crippen LogP contribution in [0.3, 0.4) is 0 Å². The second kappa shape index (κ2) is 5.88. The minimum Gasteiger partial charge on any atom is -0.348 e. The van der Waals surface area contributed by atoms with Crippen LogP contribution in [0, 0.1) is 0 Å². The van der Waals surface area contributed by atoms with Gasteiger partial charge < -0.3 is 10.2 Å². The highest BCUT2D eigenvalue weighted by Gasteiger charge is 2.03. The van der Waals surface area contributed by atoms with Gasteiger partial charge in [-0.25, -0.2) is 0 Å². The normalized spacial score (nSPS) is 10.3. The van der Waals surface area contributed by atoms with Crippen molar-refractivity contribution >= 4 is 17.2 Å². The number of carbonyl (C=O) groups is 1. The second-order valence-corrected chi connectivity index (χ2v) is 4.87. The first kappa shape index (κ1) is 12.2. The molecule has 1 N–H and O–H groups in total. The molecule has 0 aliphatic carbocycles. The lowest BCUT2D eigenvalue weighted by atomic mass is 10.3. The molecular weight excluding hydrogens is 208 g/mol. The molecule has 3 nitrogen and oxygen atoms in total. The number of nitrogens with one attached hydrogen (secondary N) is 1. The number of rotatable bonds is 5. The van der Waals surface area contributed by atoms with Crippen LogP contribution in [0.25, 0.3) is 0 Å². The summed E-state index contributed by atoms with van der Waals surface area (Å²) in [5, 5.41) is 3.14. The van der Waals surface area contributed by atoms with E-state index in [9.17, 15) is 4.79 Å². The van der Waals surface area contributed by atoms with Crippen LogP contribution in [0.1, 0.15) is 16.7 Å². The Kier molecular flexibility index (Phi) is 4.78. The number of hydrogen-bond acceptors (Lipinski definition) is 3. The predicted octanol–water partition coefficient (Wildman–Crippen LogP) is 1.49. The summed E-state index contributed by atoms with van der Waals surface area (Å²) in [7, 11) is 3.54. The summed E-state index contributed by atoms with van der Waals surface area (Å²) in [6.07, 6.45) is 1.08.